The number of methoxy groups -OCH3 is 1. The fourth-order valence-corrected chi connectivity index (χ4v) is 1.74. The molecule has 0 spiro atoms. The lowest BCUT2D eigenvalue weighted by Crippen LogP contribution is -1.97. The molecule has 102 valence electrons. The maximum absolute atomic E-state index is 12.0. The minimum atomic E-state index is -0.480. The highest BCUT2D eigenvalue weighted by Gasteiger charge is 2.11. The Balaban J connectivity index is 2.28. The topological polar surface area (TPSA) is 66.8 Å². The van der Waals surface area contributed by atoms with E-state index in [9.17, 15) is 15.0 Å². The van der Waals surface area contributed by atoms with Gasteiger partial charge < -0.3 is 14.9 Å². The molecule has 0 aliphatic rings. The van der Waals surface area contributed by atoms with Gasteiger partial charge in [0.1, 0.15) is 17.3 Å². The maximum atomic E-state index is 12.0. The number of hydrogen-bond donors (Lipinski definition) is 2. The van der Waals surface area contributed by atoms with Gasteiger partial charge in [0, 0.05) is 17.7 Å². The number of benzene rings is 2. The lowest BCUT2D eigenvalue weighted by molar-refractivity contribution is 0.104. The minimum Gasteiger partial charge on any atom is -0.507 e. The van der Waals surface area contributed by atoms with Crippen molar-refractivity contribution in [3.63, 3.8) is 0 Å². The van der Waals surface area contributed by atoms with Crippen LogP contribution in [0.25, 0.3) is 5.76 Å². The number of phenols is 1. The molecule has 0 aliphatic carbocycles. The molecule has 2 aromatic carbocycles. The molecule has 0 aromatic heterocycles. The summed E-state index contributed by atoms with van der Waals surface area (Å²) in [5, 5.41) is 19.6. The van der Waals surface area contributed by atoms with Crippen molar-refractivity contribution < 1.29 is 19.7 Å². The minimum absolute atomic E-state index is 0.105. The molecular weight excluding hydrogens is 256 g/mol. The molecule has 0 radical (unpaired) electrons. The summed E-state index contributed by atoms with van der Waals surface area (Å²) in [6.45, 7) is 0. The first-order valence-electron chi connectivity index (χ1n) is 5.99. The van der Waals surface area contributed by atoms with Crippen LogP contribution in [0, 0.1) is 0 Å². The summed E-state index contributed by atoms with van der Waals surface area (Å²) in [7, 11) is 1.47. The zero-order chi connectivity index (χ0) is 14.5. The second kappa shape index (κ2) is 5.93. The van der Waals surface area contributed by atoms with Crippen molar-refractivity contribution in [3.05, 3.63) is 65.7 Å². The third-order valence-electron chi connectivity index (χ3n) is 2.81. The third-order valence-corrected chi connectivity index (χ3v) is 2.81. The Kier molecular flexibility index (Phi) is 4.05. The van der Waals surface area contributed by atoms with Crippen molar-refractivity contribution in [1.29, 1.82) is 0 Å². The predicted octanol–water partition coefficient (Wildman–Crippen LogP) is 3.18. The summed E-state index contributed by atoms with van der Waals surface area (Å²) in [5.41, 5.74) is 0.641. The second-order valence-corrected chi connectivity index (χ2v) is 4.14. The molecule has 0 saturated heterocycles. The Labute approximate surface area is 116 Å². The quantitative estimate of drug-likeness (QED) is 0.508. The number of carbonyl (C=O) groups is 1. The van der Waals surface area contributed by atoms with Gasteiger partial charge in [-0.2, -0.15) is 0 Å². The van der Waals surface area contributed by atoms with Gasteiger partial charge in [-0.25, -0.2) is 0 Å². The summed E-state index contributed by atoms with van der Waals surface area (Å²) in [6, 6.07) is 13.1. The van der Waals surface area contributed by atoms with E-state index in [0.29, 0.717) is 11.3 Å². The van der Waals surface area contributed by atoms with Crippen molar-refractivity contribution in [1.82, 2.24) is 0 Å². The van der Waals surface area contributed by atoms with Crippen molar-refractivity contribution in [2.75, 3.05) is 7.11 Å². The van der Waals surface area contributed by atoms with E-state index < -0.39 is 5.78 Å². The molecule has 0 unspecified atom stereocenters. The number of hydrogen-bond acceptors (Lipinski definition) is 4. The molecule has 0 amide bonds. The van der Waals surface area contributed by atoms with Gasteiger partial charge in [0.15, 0.2) is 5.78 Å². The molecule has 0 aliphatic heterocycles. The number of allylic oxidation sites excluding steroid dienone is 1. The highest BCUT2D eigenvalue weighted by molar-refractivity contribution is 6.09. The number of aliphatic hydroxyl groups excluding tert-OH is 1. The van der Waals surface area contributed by atoms with Gasteiger partial charge in [0.2, 0.25) is 0 Å². The molecule has 2 rings (SSSR count). The summed E-state index contributed by atoms with van der Waals surface area (Å²) in [4.78, 5) is 12.0. The molecule has 4 nitrogen and oxygen atoms in total. The highest BCUT2D eigenvalue weighted by Crippen LogP contribution is 2.24. The number of aromatic hydroxyl groups is 1. The molecule has 0 heterocycles. The summed E-state index contributed by atoms with van der Waals surface area (Å²) < 4.78 is 4.94. The summed E-state index contributed by atoms with van der Waals surface area (Å²) >= 11 is 0. The van der Waals surface area contributed by atoms with Gasteiger partial charge in [0.05, 0.1) is 12.7 Å². The zero-order valence-corrected chi connectivity index (χ0v) is 10.9. The molecule has 20 heavy (non-hydrogen) atoms. The van der Waals surface area contributed by atoms with E-state index in [-0.39, 0.29) is 17.1 Å². The SMILES string of the molecule is COc1ccc(C(=O)C=C(O)c2ccccc2)c(O)c1. The van der Waals surface area contributed by atoms with Gasteiger partial charge in [-0.05, 0) is 12.1 Å². The Bertz CT molecular complexity index is 645. The first kappa shape index (κ1) is 13.7. The van der Waals surface area contributed by atoms with Crippen LogP contribution in [0.15, 0.2) is 54.6 Å². The van der Waals surface area contributed by atoms with E-state index in [4.69, 9.17) is 4.74 Å². The van der Waals surface area contributed by atoms with Crippen molar-refractivity contribution in [3.8, 4) is 11.5 Å². The van der Waals surface area contributed by atoms with Crippen LogP contribution in [-0.2, 0) is 0 Å². The molecule has 0 saturated carbocycles. The Morgan fingerprint density at radius 3 is 2.45 bits per heavy atom. The fraction of sp³-hybridized carbons (Fsp3) is 0.0625. The predicted molar refractivity (Wildman–Crippen MR) is 76.0 cm³/mol. The maximum Gasteiger partial charge on any atom is 0.193 e. The monoisotopic (exact) mass is 270 g/mol. The lowest BCUT2D eigenvalue weighted by Gasteiger charge is -2.05. The molecule has 4 heteroatoms. The van der Waals surface area contributed by atoms with E-state index in [2.05, 4.69) is 0 Å². The highest BCUT2D eigenvalue weighted by atomic mass is 16.5. The van der Waals surface area contributed by atoms with Crippen LogP contribution in [0.2, 0.25) is 0 Å². The van der Waals surface area contributed by atoms with Crippen LogP contribution in [0.3, 0.4) is 0 Å². The van der Waals surface area contributed by atoms with E-state index in [1.165, 1.54) is 19.2 Å². The summed E-state index contributed by atoms with van der Waals surface area (Å²) in [5.74, 6) is -0.362. The molecule has 0 atom stereocenters. The van der Waals surface area contributed by atoms with Crippen molar-refractivity contribution in [2.45, 2.75) is 0 Å². The van der Waals surface area contributed by atoms with Gasteiger partial charge in [0.25, 0.3) is 0 Å². The van der Waals surface area contributed by atoms with Crippen LogP contribution >= 0.6 is 0 Å². The normalized spacial score (nSPS) is 11.2. The Hall–Kier alpha value is -2.75. The van der Waals surface area contributed by atoms with Crippen LogP contribution in [0.4, 0.5) is 0 Å². The van der Waals surface area contributed by atoms with Gasteiger partial charge >= 0.3 is 0 Å². The molecule has 2 aromatic rings. The second-order valence-electron chi connectivity index (χ2n) is 4.14. The first-order chi connectivity index (χ1) is 9.61. The van der Waals surface area contributed by atoms with E-state index in [1.807, 2.05) is 6.07 Å². The molecular formula is C16H14O4. The van der Waals surface area contributed by atoms with Crippen LogP contribution in [0.5, 0.6) is 11.5 Å². The number of ether oxygens (including phenoxy) is 1. The zero-order valence-electron chi connectivity index (χ0n) is 10.9. The lowest BCUT2D eigenvalue weighted by atomic mass is 10.1. The van der Waals surface area contributed by atoms with E-state index in [1.54, 1.807) is 30.3 Å². The number of phenolic OH excluding ortho intramolecular Hbond substituents is 1. The summed E-state index contributed by atoms with van der Waals surface area (Å²) in [6.07, 6.45) is 1.08. The van der Waals surface area contributed by atoms with Crippen LogP contribution in [-0.4, -0.2) is 23.1 Å². The van der Waals surface area contributed by atoms with Crippen molar-refractivity contribution >= 4 is 11.5 Å². The van der Waals surface area contributed by atoms with Gasteiger partial charge in [-0.1, -0.05) is 30.3 Å². The van der Waals surface area contributed by atoms with Gasteiger partial charge in [-0.3, -0.25) is 4.79 Å². The largest absolute Gasteiger partial charge is 0.507 e. The van der Waals surface area contributed by atoms with Crippen LogP contribution < -0.4 is 4.74 Å². The van der Waals surface area contributed by atoms with Crippen LogP contribution in [0.1, 0.15) is 15.9 Å². The Morgan fingerprint density at radius 2 is 1.85 bits per heavy atom. The number of aliphatic hydroxyl groups is 1. The fourth-order valence-electron chi connectivity index (χ4n) is 1.74. The Morgan fingerprint density at radius 1 is 1.15 bits per heavy atom. The standard InChI is InChI=1S/C16H14O4/c1-20-12-7-8-13(15(18)9-12)16(19)10-14(17)11-5-3-2-4-6-11/h2-10,17-18H,1H3. The number of ketones is 1. The smallest absolute Gasteiger partial charge is 0.193 e. The van der Waals surface area contributed by atoms with Gasteiger partial charge in [-0.15, -0.1) is 0 Å². The van der Waals surface area contributed by atoms with Crippen molar-refractivity contribution in [2.24, 2.45) is 0 Å². The van der Waals surface area contributed by atoms with E-state index >= 15 is 0 Å². The average molecular weight is 270 g/mol. The molecule has 0 bridgehead atoms. The average Bonchev–Trinajstić information content (AvgIpc) is 2.47. The third kappa shape index (κ3) is 2.98. The number of carbonyl (C=O) groups excluding carboxylic acids is 1. The molecule has 0 fully saturated rings. The molecule has 2 N–H and O–H groups in total. The first-order valence-corrected chi connectivity index (χ1v) is 5.99. The number of rotatable bonds is 4. The van der Waals surface area contributed by atoms with E-state index in [0.717, 1.165) is 6.08 Å².